The number of hydrogen-bond acceptors (Lipinski definition) is 6. The summed E-state index contributed by atoms with van der Waals surface area (Å²) in [5, 5.41) is 3.61. The number of carbonyl (C=O) groups excluding carboxylic acids is 2. The molecule has 2 aromatic carbocycles. The fourth-order valence-corrected chi connectivity index (χ4v) is 3.33. The van der Waals surface area contributed by atoms with Gasteiger partial charge in [0.1, 0.15) is 5.58 Å². The van der Waals surface area contributed by atoms with Crippen LogP contribution in [0, 0.1) is 6.92 Å². The molecule has 4 aromatic rings. The van der Waals surface area contributed by atoms with E-state index in [0.717, 1.165) is 10.9 Å². The molecule has 7 nitrogen and oxygen atoms in total. The fourth-order valence-electron chi connectivity index (χ4n) is 3.33. The second kappa shape index (κ2) is 8.31. The average Bonchev–Trinajstić information content (AvgIpc) is 3.14. The average molecular weight is 416 g/mol. The Morgan fingerprint density at radius 1 is 0.968 bits per heavy atom. The van der Waals surface area contributed by atoms with Crippen LogP contribution in [0.1, 0.15) is 32.0 Å². The second-order valence-electron chi connectivity index (χ2n) is 6.86. The number of nitrogens with zero attached hydrogens (tertiary/aromatic N) is 1. The number of methoxy groups -OCH3 is 2. The Kier molecular flexibility index (Phi) is 5.41. The number of benzene rings is 2. The van der Waals surface area contributed by atoms with Crippen molar-refractivity contribution in [3.05, 3.63) is 83.4 Å². The van der Waals surface area contributed by atoms with Crippen LogP contribution in [-0.2, 0) is 0 Å². The number of carbonyl (C=O) groups is 2. The number of ether oxygens (including phenoxy) is 2. The zero-order valence-corrected chi connectivity index (χ0v) is 17.3. The van der Waals surface area contributed by atoms with Crippen LogP contribution in [-0.4, -0.2) is 30.9 Å². The summed E-state index contributed by atoms with van der Waals surface area (Å²) in [5.74, 6) is 0.683. The first kappa shape index (κ1) is 20.2. The summed E-state index contributed by atoms with van der Waals surface area (Å²) in [6.45, 7) is 1.83. The molecule has 0 aliphatic carbocycles. The Balaban J connectivity index is 1.65. The van der Waals surface area contributed by atoms with Crippen LogP contribution in [0.2, 0.25) is 0 Å². The summed E-state index contributed by atoms with van der Waals surface area (Å²) in [5.41, 5.74) is 2.65. The van der Waals surface area contributed by atoms with Gasteiger partial charge in [0.25, 0.3) is 5.91 Å². The third-order valence-electron chi connectivity index (χ3n) is 4.97. The van der Waals surface area contributed by atoms with Crippen LogP contribution in [0.3, 0.4) is 0 Å². The third kappa shape index (κ3) is 3.85. The first-order chi connectivity index (χ1) is 15.0. The monoisotopic (exact) mass is 416 g/mol. The van der Waals surface area contributed by atoms with Gasteiger partial charge in [0, 0.05) is 40.7 Å². The minimum atomic E-state index is -0.280. The lowest BCUT2D eigenvalue weighted by Gasteiger charge is -2.08. The Morgan fingerprint density at radius 2 is 1.77 bits per heavy atom. The number of nitrogens with one attached hydrogen (secondary N) is 1. The molecule has 0 spiro atoms. The number of amides is 1. The number of fused-ring (bicyclic) bond motifs is 1. The highest BCUT2D eigenvalue weighted by Crippen LogP contribution is 2.32. The second-order valence-corrected chi connectivity index (χ2v) is 6.86. The maximum absolute atomic E-state index is 13.1. The first-order valence-corrected chi connectivity index (χ1v) is 9.53. The van der Waals surface area contributed by atoms with Crippen LogP contribution in [0.25, 0.3) is 11.0 Å². The Morgan fingerprint density at radius 3 is 2.48 bits per heavy atom. The summed E-state index contributed by atoms with van der Waals surface area (Å²) < 4.78 is 16.4. The number of pyridine rings is 1. The normalized spacial score (nSPS) is 10.7. The van der Waals surface area contributed by atoms with E-state index in [-0.39, 0.29) is 17.5 Å². The third-order valence-corrected chi connectivity index (χ3v) is 4.97. The zero-order valence-electron chi connectivity index (χ0n) is 17.3. The van der Waals surface area contributed by atoms with Gasteiger partial charge in [-0.1, -0.05) is 0 Å². The molecule has 1 N–H and O–H groups in total. The summed E-state index contributed by atoms with van der Waals surface area (Å²) in [6.07, 6.45) is 3.09. The van der Waals surface area contributed by atoms with Crippen molar-refractivity contribution in [1.82, 2.24) is 4.98 Å². The molecule has 0 saturated carbocycles. The van der Waals surface area contributed by atoms with E-state index in [0.29, 0.717) is 33.9 Å². The van der Waals surface area contributed by atoms with E-state index in [1.165, 1.54) is 20.4 Å². The summed E-state index contributed by atoms with van der Waals surface area (Å²) in [7, 11) is 3.05. The van der Waals surface area contributed by atoms with Gasteiger partial charge in [-0.25, -0.2) is 0 Å². The van der Waals surface area contributed by atoms with E-state index in [9.17, 15) is 9.59 Å². The van der Waals surface area contributed by atoms with Crippen LogP contribution in [0.4, 0.5) is 5.69 Å². The molecule has 156 valence electrons. The van der Waals surface area contributed by atoms with E-state index < -0.39 is 0 Å². The van der Waals surface area contributed by atoms with Crippen molar-refractivity contribution in [1.29, 1.82) is 0 Å². The number of aryl methyl sites for hydroxylation is 1. The van der Waals surface area contributed by atoms with Crippen LogP contribution in [0.5, 0.6) is 11.5 Å². The van der Waals surface area contributed by atoms with Crippen LogP contribution < -0.4 is 14.8 Å². The summed E-state index contributed by atoms with van der Waals surface area (Å²) in [6, 6.07) is 13.6. The predicted octanol–water partition coefficient (Wildman–Crippen LogP) is 4.64. The maximum Gasteiger partial charge on any atom is 0.257 e. The Hall–Kier alpha value is -4.13. The molecule has 0 aliphatic heterocycles. The fraction of sp³-hybridized carbons (Fsp3) is 0.125. The molecule has 0 unspecified atom stereocenters. The van der Waals surface area contributed by atoms with Gasteiger partial charge in [-0.15, -0.1) is 0 Å². The van der Waals surface area contributed by atoms with Crippen molar-refractivity contribution in [3.63, 3.8) is 0 Å². The van der Waals surface area contributed by atoms with Crippen molar-refractivity contribution < 1.29 is 23.5 Å². The molecule has 0 bridgehead atoms. The van der Waals surface area contributed by atoms with Gasteiger partial charge in [-0.2, -0.15) is 0 Å². The smallest absolute Gasteiger partial charge is 0.257 e. The lowest BCUT2D eigenvalue weighted by molar-refractivity contribution is 0.101. The van der Waals surface area contributed by atoms with E-state index in [4.69, 9.17) is 13.9 Å². The molecule has 31 heavy (non-hydrogen) atoms. The van der Waals surface area contributed by atoms with Gasteiger partial charge in [-0.05, 0) is 49.4 Å². The van der Waals surface area contributed by atoms with Crippen molar-refractivity contribution >= 4 is 28.3 Å². The molecular formula is C24H20N2O5. The molecule has 0 saturated heterocycles. The maximum atomic E-state index is 13.1. The van der Waals surface area contributed by atoms with Gasteiger partial charge >= 0.3 is 0 Å². The lowest BCUT2D eigenvalue weighted by atomic mass is 10.0. The highest BCUT2D eigenvalue weighted by molar-refractivity contribution is 6.11. The number of hydrogen-bond donors (Lipinski definition) is 1. The molecule has 4 rings (SSSR count). The molecule has 0 atom stereocenters. The van der Waals surface area contributed by atoms with Crippen molar-refractivity contribution in [2.24, 2.45) is 0 Å². The molecule has 0 aliphatic rings. The minimum Gasteiger partial charge on any atom is -0.493 e. The molecule has 0 fully saturated rings. The van der Waals surface area contributed by atoms with E-state index >= 15 is 0 Å². The Bertz CT molecular complexity index is 1280. The molecule has 2 aromatic heterocycles. The van der Waals surface area contributed by atoms with Crippen LogP contribution in [0.15, 0.2) is 65.3 Å². The van der Waals surface area contributed by atoms with Crippen molar-refractivity contribution in [2.45, 2.75) is 6.92 Å². The van der Waals surface area contributed by atoms with Crippen molar-refractivity contribution in [3.8, 4) is 11.5 Å². The predicted molar refractivity (Wildman–Crippen MR) is 116 cm³/mol. The van der Waals surface area contributed by atoms with Gasteiger partial charge in [0.05, 0.1) is 19.8 Å². The zero-order chi connectivity index (χ0) is 22.0. The number of anilines is 1. The molecular weight excluding hydrogens is 396 g/mol. The summed E-state index contributed by atoms with van der Waals surface area (Å²) in [4.78, 5) is 29.4. The highest BCUT2D eigenvalue weighted by atomic mass is 16.5. The SMILES string of the molecule is COc1ccc(C(=O)c2oc3cc(NC(=O)c4cccnc4)ccc3c2C)cc1OC. The number of rotatable bonds is 6. The van der Waals surface area contributed by atoms with E-state index in [1.807, 2.05) is 13.0 Å². The van der Waals surface area contributed by atoms with Gasteiger partial charge in [0.15, 0.2) is 17.3 Å². The molecule has 1 amide bonds. The van der Waals surface area contributed by atoms with E-state index in [1.54, 1.807) is 48.7 Å². The van der Waals surface area contributed by atoms with Gasteiger partial charge in [-0.3, -0.25) is 14.6 Å². The van der Waals surface area contributed by atoms with Crippen LogP contribution >= 0.6 is 0 Å². The first-order valence-electron chi connectivity index (χ1n) is 9.53. The summed E-state index contributed by atoms with van der Waals surface area (Å²) >= 11 is 0. The van der Waals surface area contributed by atoms with Gasteiger partial charge in [0.2, 0.25) is 5.78 Å². The number of furan rings is 1. The minimum absolute atomic E-state index is 0.234. The lowest BCUT2D eigenvalue weighted by Crippen LogP contribution is -2.11. The molecule has 7 heteroatoms. The molecule has 0 radical (unpaired) electrons. The van der Waals surface area contributed by atoms with Gasteiger partial charge < -0.3 is 19.2 Å². The highest BCUT2D eigenvalue weighted by Gasteiger charge is 2.21. The molecule has 2 heterocycles. The number of aromatic nitrogens is 1. The largest absolute Gasteiger partial charge is 0.493 e. The Labute approximate surface area is 178 Å². The number of ketones is 1. The standard InChI is InChI=1S/C24H20N2O5/c1-14-18-8-7-17(26-24(28)16-5-4-10-25-13-16)12-20(18)31-23(14)22(27)15-6-9-19(29-2)21(11-15)30-3/h4-13H,1-3H3,(H,26,28). The quantitative estimate of drug-likeness (QED) is 0.461. The van der Waals surface area contributed by atoms with Crippen molar-refractivity contribution in [2.75, 3.05) is 19.5 Å². The topological polar surface area (TPSA) is 90.7 Å². The van der Waals surface area contributed by atoms with E-state index in [2.05, 4.69) is 10.3 Å².